The van der Waals surface area contributed by atoms with E-state index in [2.05, 4.69) is 4.98 Å². The Labute approximate surface area is 112 Å². The summed E-state index contributed by atoms with van der Waals surface area (Å²) in [5.41, 5.74) is -0.264. The molecule has 1 heterocycles. The lowest BCUT2D eigenvalue weighted by Gasteiger charge is -2.29. The fraction of sp³-hybridized carbons (Fsp3) is 0.462. The first-order valence-corrected chi connectivity index (χ1v) is 5.87. The topological polar surface area (TPSA) is 79.7 Å². The van der Waals surface area contributed by atoms with Gasteiger partial charge in [0.2, 0.25) is 0 Å². The molecule has 0 aliphatic heterocycles. The maximum Gasteiger partial charge on any atom is 0.415 e. The first-order chi connectivity index (χ1) is 8.72. The van der Waals surface area contributed by atoms with E-state index in [0.717, 1.165) is 4.90 Å². The molecule has 1 aromatic rings. The predicted octanol–water partition coefficient (Wildman–Crippen LogP) is 2.30. The molecule has 104 valence electrons. The fourth-order valence-corrected chi connectivity index (χ4v) is 1.41. The third-order valence-corrected chi connectivity index (χ3v) is 2.28. The second-order valence-electron chi connectivity index (χ2n) is 5.07. The minimum Gasteiger partial charge on any atom is -0.480 e. The van der Waals surface area contributed by atoms with Crippen LogP contribution in [0.4, 0.5) is 10.5 Å². The van der Waals surface area contributed by atoms with E-state index in [4.69, 9.17) is 9.84 Å². The van der Waals surface area contributed by atoms with E-state index >= 15 is 0 Å². The number of ether oxygens (including phenoxy) is 1. The van der Waals surface area contributed by atoms with Gasteiger partial charge < -0.3 is 9.84 Å². The van der Waals surface area contributed by atoms with Crippen molar-refractivity contribution in [3.05, 3.63) is 24.5 Å². The second kappa shape index (κ2) is 5.69. The summed E-state index contributed by atoms with van der Waals surface area (Å²) >= 11 is 0. The molecule has 0 spiro atoms. The monoisotopic (exact) mass is 266 g/mol. The van der Waals surface area contributed by atoms with Crippen LogP contribution in [-0.2, 0) is 9.53 Å². The molecule has 1 atom stereocenters. The fourth-order valence-electron chi connectivity index (χ4n) is 1.41. The Bertz CT molecular complexity index is 453. The van der Waals surface area contributed by atoms with Crippen molar-refractivity contribution in [2.45, 2.75) is 39.3 Å². The molecule has 0 radical (unpaired) electrons. The first-order valence-electron chi connectivity index (χ1n) is 5.87. The molecule has 0 saturated carbocycles. The molecule has 0 fully saturated rings. The van der Waals surface area contributed by atoms with Crippen LogP contribution in [0, 0.1) is 0 Å². The number of carboxylic acids is 1. The van der Waals surface area contributed by atoms with E-state index in [1.807, 2.05) is 0 Å². The lowest BCUT2D eigenvalue weighted by Crippen LogP contribution is -2.46. The molecule has 1 amide bonds. The standard InChI is InChI=1S/C13H18N2O4/c1-9(11(16)17)15(10-5-7-14-8-6-10)12(18)19-13(2,3)4/h5-9H,1-4H3,(H,16,17)/t9-/m1/s1. The first kappa shape index (κ1) is 14.9. The van der Waals surface area contributed by atoms with Crippen LogP contribution in [0.15, 0.2) is 24.5 Å². The Kier molecular flexibility index (Phi) is 4.47. The number of amides is 1. The van der Waals surface area contributed by atoms with Crippen LogP contribution in [0.25, 0.3) is 0 Å². The van der Waals surface area contributed by atoms with E-state index in [0.29, 0.717) is 5.69 Å². The lowest BCUT2D eigenvalue weighted by molar-refractivity contribution is -0.138. The maximum absolute atomic E-state index is 12.1. The van der Waals surface area contributed by atoms with Crippen molar-refractivity contribution >= 4 is 17.7 Å². The van der Waals surface area contributed by atoms with Crippen LogP contribution in [0.5, 0.6) is 0 Å². The molecule has 0 aliphatic rings. The van der Waals surface area contributed by atoms with Gasteiger partial charge in [0.15, 0.2) is 0 Å². The van der Waals surface area contributed by atoms with Crippen LogP contribution in [0.3, 0.4) is 0 Å². The predicted molar refractivity (Wildman–Crippen MR) is 70.0 cm³/mol. The largest absolute Gasteiger partial charge is 0.480 e. The van der Waals surface area contributed by atoms with Gasteiger partial charge in [0.1, 0.15) is 11.6 Å². The summed E-state index contributed by atoms with van der Waals surface area (Å²) in [6, 6.07) is 2.09. The number of carbonyl (C=O) groups excluding carboxylic acids is 1. The number of pyridine rings is 1. The van der Waals surface area contributed by atoms with Crippen molar-refractivity contribution in [3.8, 4) is 0 Å². The van der Waals surface area contributed by atoms with Gasteiger partial charge in [0, 0.05) is 12.4 Å². The van der Waals surface area contributed by atoms with Gasteiger partial charge in [-0.25, -0.2) is 9.59 Å². The quantitative estimate of drug-likeness (QED) is 0.908. The van der Waals surface area contributed by atoms with E-state index in [9.17, 15) is 9.59 Å². The highest BCUT2D eigenvalue weighted by molar-refractivity contribution is 5.94. The van der Waals surface area contributed by atoms with Gasteiger partial charge in [-0.15, -0.1) is 0 Å². The van der Waals surface area contributed by atoms with Crippen molar-refractivity contribution in [1.82, 2.24) is 4.98 Å². The van der Waals surface area contributed by atoms with E-state index < -0.39 is 23.7 Å². The highest BCUT2D eigenvalue weighted by Crippen LogP contribution is 2.20. The molecule has 1 rings (SSSR count). The van der Waals surface area contributed by atoms with Crippen LogP contribution >= 0.6 is 0 Å². The average Bonchev–Trinajstić information content (AvgIpc) is 2.28. The van der Waals surface area contributed by atoms with Gasteiger partial charge in [-0.05, 0) is 39.8 Å². The van der Waals surface area contributed by atoms with Crippen LogP contribution in [0.1, 0.15) is 27.7 Å². The smallest absolute Gasteiger partial charge is 0.415 e. The number of hydrogen-bond donors (Lipinski definition) is 1. The molecule has 6 heteroatoms. The minimum absolute atomic E-state index is 0.430. The summed E-state index contributed by atoms with van der Waals surface area (Å²) < 4.78 is 5.23. The molecular formula is C13H18N2O4. The van der Waals surface area contributed by atoms with Crippen molar-refractivity contribution in [2.75, 3.05) is 4.90 Å². The average molecular weight is 266 g/mol. The van der Waals surface area contributed by atoms with Gasteiger partial charge in [0.25, 0.3) is 0 Å². The van der Waals surface area contributed by atoms with Crippen LogP contribution in [-0.4, -0.2) is 33.8 Å². The third-order valence-electron chi connectivity index (χ3n) is 2.28. The highest BCUT2D eigenvalue weighted by atomic mass is 16.6. The van der Waals surface area contributed by atoms with Crippen molar-refractivity contribution in [1.29, 1.82) is 0 Å². The minimum atomic E-state index is -1.11. The number of aromatic nitrogens is 1. The Morgan fingerprint density at radius 2 is 1.84 bits per heavy atom. The molecule has 1 N–H and O–H groups in total. The summed E-state index contributed by atoms with van der Waals surface area (Å²) in [5, 5.41) is 9.10. The lowest BCUT2D eigenvalue weighted by atomic mass is 10.2. The molecule has 0 bridgehead atoms. The molecule has 1 aromatic heterocycles. The summed E-state index contributed by atoms with van der Waals surface area (Å²) in [7, 11) is 0. The number of anilines is 1. The number of hydrogen-bond acceptors (Lipinski definition) is 4. The zero-order chi connectivity index (χ0) is 14.6. The van der Waals surface area contributed by atoms with E-state index in [1.165, 1.54) is 19.3 Å². The summed E-state index contributed by atoms with van der Waals surface area (Å²) in [6.45, 7) is 6.59. The van der Waals surface area contributed by atoms with E-state index in [1.54, 1.807) is 32.9 Å². The Morgan fingerprint density at radius 1 is 1.32 bits per heavy atom. The zero-order valence-corrected chi connectivity index (χ0v) is 11.5. The molecule has 0 unspecified atom stereocenters. The molecule has 0 aliphatic carbocycles. The highest BCUT2D eigenvalue weighted by Gasteiger charge is 2.31. The molecule has 0 saturated heterocycles. The molecule has 19 heavy (non-hydrogen) atoms. The van der Waals surface area contributed by atoms with Gasteiger partial charge >= 0.3 is 12.1 Å². The number of nitrogens with zero attached hydrogens (tertiary/aromatic N) is 2. The third kappa shape index (κ3) is 4.24. The molecule has 0 aromatic carbocycles. The zero-order valence-electron chi connectivity index (χ0n) is 11.5. The second-order valence-corrected chi connectivity index (χ2v) is 5.07. The maximum atomic E-state index is 12.1. The van der Waals surface area contributed by atoms with Gasteiger partial charge in [-0.1, -0.05) is 0 Å². The van der Waals surface area contributed by atoms with Gasteiger partial charge in [-0.3, -0.25) is 9.88 Å². The number of aliphatic carboxylic acids is 1. The SMILES string of the molecule is C[C@H](C(=O)O)N(C(=O)OC(C)(C)C)c1ccncc1. The molecular weight excluding hydrogens is 248 g/mol. The van der Waals surface area contributed by atoms with Crippen molar-refractivity contribution in [3.63, 3.8) is 0 Å². The van der Waals surface area contributed by atoms with Gasteiger partial charge in [-0.2, -0.15) is 0 Å². The summed E-state index contributed by atoms with van der Waals surface area (Å²) in [6.07, 6.45) is 2.27. The number of carboxylic acid groups (broad SMARTS) is 1. The van der Waals surface area contributed by atoms with E-state index in [-0.39, 0.29) is 0 Å². The Balaban J connectivity index is 3.07. The van der Waals surface area contributed by atoms with Crippen molar-refractivity contribution in [2.24, 2.45) is 0 Å². The number of carbonyl (C=O) groups is 2. The van der Waals surface area contributed by atoms with Crippen LogP contribution < -0.4 is 4.90 Å². The summed E-state index contributed by atoms with van der Waals surface area (Å²) in [4.78, 5) is 28.2. The Morgan fingerprint density at radius 3 is 2.26 bits per heavy atom. The Hall–Kier alpha value is -2.11. The normalized spacial score (nSPS) is 12.6. The summed E-state index contributed by atoms with van der Waals surface area (Å²) in [5.74, 6) is -1.11. The van der Waals surface area contributed by atoms with Crippen LogP contribution in [0.2, 0.25) is 0 Å². The molecule has 6 nitrogen and oxygen atoms in total. The van der Waals surface area contributed by atoms with Gasteiger partial charge in [0.05, 0.1) is 5.69 Å². The van der Waals surface area contributed by atoms with Crippen molar-refractivity contribution < 1.29 is 19.4 Å². The number of rotatable bonds is 3.